The molecule has 0 spiro atoms. The zero-order valence-corrected chi connectivity index (χ0v) is 22.5. The first-order chi connectivity index (χ1) is 19.8. The number of nitrogens with one attached hydrogen (secondary N) is 1. The predicted octanol–water partition coefficient (Wildman–Crippen LogP) is 11.4. The summed E-state index contributed by atoms with van der Waals surface area (Å²) in [4.78, 5) is 0. The molecule has 7 aromatic rings. The van der Waals surface area contributed by atoms with Crippen LogP contribution >= 0.6 is 0 Å². The molecule has 194 valence electrons. The Balaban J connectivity index is 1.32. The first-order valence-corrected chi connectivity index (χ1v) is 14.6. The minimum Gasteiger partial charge on any atom is -0.454 e. The van der Waals surface area contributed by atoms with E-state index in [0.29, 0.717) is 5.92 Å². The molecule has 0 aliphatic heterocycles. The Morgan fingerprint density at radius 1 is 0.525 bits per heavy atom. The highest BCUT2D eigenvalue weighted by Crippen LogP contribution is 2.45. The zero-order chi connectivity index (χ0) is 26.5. The van der Waals surface area contributed by atoms with Gasteiger partial charge in [-0.3, -0.25) is 0 Å². The average molecular weight is 518 g/mol. The van der Waals surface area contributed by atoms with Crippen LogP contribution in [0.3, 0.4) is 0 Å². The minimum atomic E-state index is 0.560. The van der Waals surface area contributed by atoms with Gasteiger partial charge in [0.25, 0.3) is 0 Å². The molecular weight excluding hydrogens is 486 g/mol. The van der Waals surface area contributed by atoms with Crippen molar-refractivity contribution in [2.75, 3.05) is 5.32 Å². The number of rotatable bonds is 4. The molecule has 0 atom stereocenters. The Bertz CT molecular complexity index is 2020. The monoisotopic (exact) mass is 517 g/mol. The fourth-order valence-electron chi connectivity index (χ4n) is 6.92. The van der Waals surface area contributed by atoms with Gasteiger partial charge in [0.1, 0.15) is 5.58 Å². The molecule has 0 saturated heterocycles. The summed E-state index contributed by atoms with van der Waals surface area (Å²) >= 11 is 0. The summed E-state index contributed by atoms with van der Waals surface area (Å²) in [5, 5.41) is 11.3. The molecule has 8 rings (SSSR count). The van der Waals surface area contributed by atoms with Gasteiger partial charge in [-0.05, 0) is 69.6 Å². The van der Waals surface area contributed by atoms with Crippen LogP contribution in [0.4, 0.5) is 11.4 Å². The fraction of sp³-hybridized carbons (Fsp3) is 0.158. The van der Waals surface area contributed by atoms with Crippen LogP contribution in [0.15, 0.2) is 120 Å². The predicted molar refractivity (Wildman–Crippen MR) is 170 cm³/mol. The van der Waals surface area contributed by atoms with Gasteiger partial charge in [-0.1, -0.05) is 116 Å². The smallest absolute Gasteiger partial charge is 0.158 e. The molecule has 6 aromatic carbocycles. The van der Waals surface area contributed by atoms with E-state index in [4.69, 9.17) is 4.42 Å². The van der Waals surface area contributed by atoms with E-state index in [1.807, 2.05) is 0 Å². The van der Waals surface area contributed by atoms with Crippen LogP contribution in [0.2, 0.25) is 0 Å². The Kier molecular flexibility index (Phi) is 5.58. The first-order valence-electron chi connectivity index (χ1n) is 14.6. The molecule has 2 nitrogen and oxygen atoms in total. The summed E-state index contributed by atoms with van der Waals surface area (Å²) in [6.45, 7) is 0. The van der Waals surface area contributed by atoms with Crippen molar-refractivity contribution in [3.05, 3.63) is 121 Å². The largest absolute Gasteiger partial charge is 0.454 e. The van der Waals surface area contributed by atoms with Crippen molar-refractivity contribution in [2.45, 2.75) is 38.0 Å². The third kappa shape index (κ3) is 3.78. The van der Waals surface area contributed by atoms with Gasteiger partial charge in [0, 0.05) is 22.0 Å². The molecule has 1 N–H and O–H groups in total. The van der Waals surface area contributed by atoms with Crippen molar-refractivity contribution >= 4 is 54.9 Å². The second-order valence-electron chi connectivity index (χ2n) is 11.2. The summed E-state index contributed by atoms with van der Waals surface area (Å²) in [5.74, 6) is 0.560. The van der Waals surface area contributed by atoms with E-state index in [1.165, 1.54) is 81.1 Å². The molecule has 1 aromatic heterocycles. The number of furan rings is 1. The highest BCUT2D eigenvalue weighted by molar-refractivity contribution is 6.21. The Hall–Kier alpha value is -4.56. The number of benzene rings is 6. The van der Waals surface area contributed by atoms with Crippen molar-refractivity contribution in [1.29, 1.82) is 0 Å². The third-order valence-corrected chi connectivity index (χ3v) is 8.84. The van der Waals surface area contributed by atoms with Gasteiger partial charge < -0.3 is 9.73 Å². The summed E-state index contributed by atoms with van der Waals surface area (Å²) in [5.41, 5.74) is 7.86. The van der Waals surface area contributed by atoms with Gasteiger partial charge >= 0.3 is 0 Å². The molecule has 1 fully saturated rings. The second-order valence-corrected chi connectivity index (χ2v) is 11.2. The van der Waals surface area contributed by atoms with E-state index < -0.39 is 0 Å². The van der Waals surface area contributed by atoms with Crippen LogP contribution < -0.4 is 5.32 Å². The molecule has 1 aliphatic rings. The van der Waals surface area contributed by atoms with E-state index in [0.717, 1.165) is 22.5 Å². The molecule has 2 heteroatoms. The number of para-hydroxylation sites is 2. The maximum Gasteiger partial charge on any atom is 0.158 e. The second kappa shape index (κ2) is 9.57. The summed E-state index contributed by atoms with van der Waals surface area (Å²) in [7, 11) is 0. The van der Waals surface area contributed by atoms with Gasteiger partial charge in [-0.15, -0.1) is 0 Å². The van der Waals surface area contributed by atoms with Gasteiger partial charge in [-0.25, -0.2) is 0 Å². The van der Waals surface area contributed by atoms with Crippen LogP contribution in [0.1, 0.15) is 43.6 Å². The quantitative estimate of drug-likeness (QED) is 0.251. The lowest BCUT2D eigenvalue weighted by molar-refractivity contribution is 0.442. The molecule has 0 radical (unpaired) electrons. The molecule has 1 aliphatic carbocycles. The van der Waals surface area contributed by atoms with Gasteiger partial charge in [0.15, 0.2) is 5.58 Å². The van der Waals surface area contributed by atoms with Gasteiger partial charge in [0.05, 0.1) is 5.69 Å². The lowest BCUT2D eigenvalue weighted by Gasteiger charge is -2.22. The van der Waals surface area contributed by atoms with Crippen LogP contribution in [0, 0.1) is 0 Å². The number of hydrogen-bond donors (Lipinski definition) is 1. The fourth-order valence-corrected chi connectivity index (χ4v) is 6.92. The summed E-state index contributed by atoms with van der Waals surface area (Å²) in [6, 6.07) is 41.5. The van der Waals surface area contributed by atoms with E-state index in [9.17, 15) is 0 Å². The van der Waals surface area contributed by atoms with Crippen molar-refractivity contribution in [3.63, 3.8) is 0 Å². The molecule has 0 amide bonds. The summed E-state index contributed by atoms with van der Waals surface area (Å²) < 4.78 is 6.90. The Morgan fingerprint density at radius 2 is 1.18 bits per heavy atom. The highest BCUT2D eigenvalue weighted by Gasteiger charge is 2.23. The SMILES string of the molecule is c1ccc(-c2cccc3ccccc23)c(Nc2cccc3c2oc2c(C4CCCCC4)cc4ccccc4c23)c1. The maximum atomic E-state index is 6.90. The van der Waals surface area contributed by atoms with Crippen molar-refractivity contribution < 1.29 is 4.42 Å². The van der Waals surface area contributed by atoms with Crippen LogP contribution in [0.5, 0.6) is 0 Å². The van der Waals surface area contributed by atoms with E-state index in [1.54, 1.807) is 0 Å². The van der Waals surface area contributed by atoms with Crippen LogP contribution in [0.25, 0.3) is 54.6 Å². The number of fused-ring (bicyclic) bond motifs is 6. The maximum absolute atomic E-state index is 6.90. The van der Waals surface area contributed by atoms with E-state index in [-0.39, 0.29) is 0 Å². The lowest BCUT2D eigenvalue weighted by atomic mass is 9.82. The van der Waals surface area contributed by atoms with Gasteiger partial charge in [0.2, 0.25) is 0 Å². The van der Waals surface area contributed by atoms with Crippen molar-refractivity contribution in [3.8, 4) is 11.1 Å². The normalized spacial score (nSPS) is 14.4. The molecule has 1 heterocycles. The van der Waals surface area contributed by atoms with E-state index >= 15 is 0 Å². The molecule has 0 bridgehead atoms. The van der Waals surface area contributed by atoms with Crippen LogP contribution in [-0.2, 0) is 0 Å². The minimum absolute atomic E-state index is 0.560. The lowest BCUT2D eigenvalue weighted by Crippen LogP contribution is -2.04. The molecule has 1 saturated carbocycles. The zero-order valence-electron chi connectivity index (χ0n) is 22.5. The Labute approximate surface area is 234 Å². The number of anilines is 2. The Morgan fingerprint density at radius 3 is 2.08 bits per heavy atom. The highest BCUT2D eigenvalue weighted by atomic mass is 16.3. The summed E-state index contributed by atoms with van der Waals surface area (Å²) in [6.07, 6.45) is 6.44. The van der Waals surface area contributed by atoms with Crippen molar-refractivity contribution in [2.24, 2.45) is 0 Å². The molecular formula is C38H31NO. The van der Waals surface area contributed by atoms with E-state index in [2.05, 4.69) is 121 Å². The average Bonchev–Trinajstić information content (AvgIpc) is 3.42. The third-order valence-electron chi connectivity index (χ3n) is 8.84. The standard InChI is InChI=1S/C38H31NO/c1-2-12-26(13-3-1)33-24-27-15-5-7-18-29(27)36-32-21-11-23-35(37(32)40-38(33)36)39-34-22-9-8-19-31(34)30-20-10-16-25-14-4-6-17-28(25)30/h4-11,14-24,26,39H,1-3,12-13H2. The number of hydrogen-bond acceptors (Lipinski definition) is 2. The topological polar surface area (TPSA) is 25.2 Å². The molecule has 40 heavy (non-hydrogen) atoms. The van der Waals surface area contributed by atoms with Crippen LogP contribution in [-0.4, -0.2) is 0 Å². The van der Waals surface area contributed by atoms with Gasteiger partial charge in [-0.2, -0.15) is 0 Å². The molecule has 0 unspecified atom stereocenters. The first kappa shape index (κ1) is 23.3. The van der Waals surface area contributed by atoms with Crippen molar-refractivity contribution in [1.82, 2.24) is 0 Å².